The molecule has 1 aliphatic rings. The second-order valence-corrected chi connectivity index (χ2v) is 9.66. The quantitative estimate of drug-likeness (QED) is 0.387. The maximum atomic E-state index is 12.9. The minimum Gasteiger partial charge on any atom is -0.376 e. The summed E-state index contributed by atoms with van der Waals surface area (Å²) in [7, 11) is -3.65. The van der Waals surface area contributed by atoms with E-state index in [1.807, 2.05) is 0 Å². The number of piperidine rings is 1. The number of rotatable bonds is 7. The van der Waals surface area contributed by atoms with Gasteiger partial charge in [-0.3, -0.25) is 14.9 Å². The number of carbonyl (C=O) groups excluding carboxylic acids is 1. The highest BCUT2D eigenvalue weighted by molar-refractivity contribution is 7.89. The molecule has 0 saturated carbocycles. The molecule has 2 aromatic carbocycles. The first-order valence-electron chi connectivity index (χ1n) is 9.49. The van der Waals surface area contributed by atoms with Gasteiger partial charge in [0.2, 0.25) is 10.0 Å². The number of anilines is 1. The van der Waals surface area contributed by atoms with Crippen molar-refractivity contribution in [2.75, 3.05) is 25.0 Å². The summed E-state index contributed by atoms with van der Waals surface area (Å²) in [6.07, 6.45) is 1.63. The van der Waals surface area contributed by atoms with Crippen LogP contribution in [0.5, 0.6) is 0 Å². The van der Waals surface area contributed by atoms with Crippen molar-refractivity contribution in [3.8, 4) is 0 Å². The van der Waals surface area contributed by atoms with Crippen molar-refractivity contribution >= 4 is 38.8 Å². The number of carbonyl (C=O) groups is 1. The summed E-state index contributed by atoms with van der Waals surface area (Å²) in [6.45, 7) is 2.92. The number of non-ortho nitro benzene ring substituents is 1. The van der Waals surface area contributed by atoms with Crippen molar-refractivity contribution in [2.24, 2.45) is 5.92 Å². The van der Waals surface area contributed by atoms with Gasteiger partial charge >= 0.3 is 0 Å². The van der Waals surface area contributed by atoms with Crippen LogP contribution in [-0.4, -0.2) is 43.1 Å². The lowest BCUT2D eigenvalue weighted by Crippen LogP contribution is -2.37. The Morgan fingerprint density at radius 3 is 2.57 bits per heavy atom. The van der Waals surface area contributed by atoms with Gasteiger partial charge in [0.15, 0.2) is 5.78 Å². The molecule has 3 rings (SSSR count). The van der Waals surface area contributed by atoms with Crippen LogP contribution >= 0.6 is 11.6 Å². The molecule has 8 nitrogen and oxygen atoms in total. The smallest absolute Gasteiger partial charge is 0.271 e. The number of hydrogen-bond acceptors (Lipinski definition) is 6. The molecule has 0 atom stereocenters. The summed E-state index contributed by atoms with van der Waals surface area (Å²) in [5, 5.41) is 13.7. The molecule has 10 heteroatoms. The molecule has 2 aromatic rings. The molecule has 0 aliphatic carbocycles. The molecule has 1 heterocycles. The first-order valence-corrected chi connectivity index (χ1v) is 11.3. The van der Waals surface area contributed by atoms with Gasteiger partial charge in [0.05, 0.1) is 27.1 Å². The van der Waals surface area contributed by atoms with Crippen molar-refractivity contribution in [1.82, 2.24) is 4.31 Å². The highest BCUT2D eigenvalue weighted by Crippen LogP contribution is 2.27. The summed E-state index contributed by atoms with van der Waals surface area (Å²) >= 11 is 6.02. The lowest BCUT2D eigenvalue weighted by molar-refractivity contribution is -0.384. The van der Waals surface area contributed by atoms with Gasteiger partial charge in [0.25, 0.3) is 5.69 Å². The number of hydrogen-bond donors (Lipinski definition) is 1. The first-order chi connectivity index (χ1) is 14.2. The number of nitro benzene ring substituents is 1. The van der Waals surface area contributed by atoms with Crippen LogP contribution < -0.4 is 5.32 Å². The molecule has 0 aromatic heterocycles. The standard InChI is InChI=1S/C20H22ClN3O5S/c1-14-7-9-23(10-8-14)30(28,29)17-4-2-3-15(11-17)20(25)13-22-19-6-5-16(24(26)27)12-18(19)21/h2-6,11-12,14,22H,7-10,13H2,1H3. The van der Waals surface area contributed by atoms with Crippen LogP contribution in [0.3, 0.4) is 0 Å². The summed E-state index contributed by atoms with van der Waals surface area (Å²) in [4.78, 5) is 22.9. The van der Waals surface area contributed by atoms with Crippen LogP contribution in [0.25, 0.3) is 0 Å². The van der Waals surface area contributed by atoms with Gasteiger partial charge in [0, 0.05) is 30.8 Å². The van der Waals surface area contributed by atoms with Gasteiger partial charge in [-0.05, 0) is 37.0 Å². The molecule has 1 saturated heterocycles. The lowest BCUT2D eigenvalue weighted by atomic mass is 10.0. The number of benzene rings is 2. The van der Waals surface area contributed by atoms with E-state index in [4.69, 9.17) is 11.6 Å². The second kappa shape index (κ2) is 9.11. The van der Waals surface area contributed by atoms with E-state index >= 15 is 0 Å². The van der Waals surface area contributed by atoms with E-state index in [2.05, 4.69) is 12.2 Å². The Labute approximate surface area is 180 Å². The van der Waals surface area contributed by atoms with Crippen LogP contribution in [0.2, 0.25) is 5.02 Å². The molecule has 0 radical (unpaired) electrons. The molecule has 1 aliphatic heterocycles. The molecule has 30 heavy (non-hydrogen) atoms. The normalized spacial score (nSPS) is 15.7. The Hall–Kier alpha value is -2.49. The Morgan fingerprint density at radius 1 is 1.23 bits per heavy atom. The third-order valence-electron chi connectivity index (χ3n) is 5.14. The van der Waals surface area contributed by atoms with Crippen LogP contribution in [0.4, 0.5) is 11.4 Å². The van der Waals surface area contributed by atoms with Gasteiger partial charge < -0.3 is 5.32 Å². The Bertz CT molecular complexity index is 1070. The maximum Gasteiger partial charge on any atom is 0.271 e. The Balaban J connectivity index is 1.71. The van der Waals surface area contributed by atoms with Crippen molar-refractivity contribution in [1.29, 1.82) is 0 Å². The molecule has 0 bridgehead atoms. The zero-order valence-electron chi connectivity index (χ0n) is 16.4. The van der Waals surface area contributed by atoms with Crippen molar-refractivity contribution in [3.05, 3.63) is 63.2 Å². The fourth-order valence-corrected chi connectivity index (χ4v) is 5.00. The van der Waals surface area contributed by atoms with Crippen molar-refractivity contribution in [3.63, 3.8) is 0 Å². The number of ketones is 1. The zero-order valence-corrected chi connectivity index (χ0v) is 17.9. The topological polar surface area (TPSA) is 110 Å². The van der Waals surface area contributed by atoms with Crippen LogP contribution in [0.15, 0.2) is 47.4 Å². The van der Waals surface area contributed by atoms with E-state index < -0.39 is 14.9 Å². The minimum absolute atomic E-state index is 0.0938. The van der Waals surface area contributed by atoms with E-state index in [1.165, 1.54) is 34.6 Å². The summed E-state index contributed by atoms with van der Waals surface area (Å²) in [5.74, 6) is 0.176. The largest absolute Gasteiger partial charge is 0.376 e. The highest BCUT2D eigenvalue weighted by atomic mass is 35.5. The lowest BCUT2D eigenvalue weighted by Gasteiger charge is -2.29. The first kappa shape index (κ1) is 22.2. The molecular weight excluding hydrogens is 430 g/mol. The minimum atomic E-state index is -3.65. The highest BCUT2D eigenvalue weighted by Gasteiger charge is 2.28. The van der Waals surface area contributed by atoms with Crippen LogP contribution in [0, 0.1) is 16.0 Å². The predicted molar refractivity (Wildman–Crippen MR) is 115 cm³/mol. The summed E-state index contributed by atoms with van der Waals surface area (Å²) < 4.78 is 27.3. The van der Waals surface area contributed by atoms with Gasteiger partial charge in [-0.15, -0.1) is 0 Å². The molecule has 1 N–H and O–H groups in total. The average Bonchev–Trinajstić information content (AvgIpc) is 2.73. The monoisotopic (exact) mass is 451 g/mol. The second-order valence-electron chi connectivity index (χ2n) is 7.31. The maximum absolute atomic E-state index is 12.9. The van der Waals surface area contributed by atoms with E-state index in [0.29, 0.717) is 24.7 Å². The zero-order chi connectivity index (χ0) is 21.9. The SMILES string of the molecule is CC1CCN(S(=O)(=O)c2cccc(C(=O)CNc3ccc([N+](=O)[O-])cc3Cl)c2)CC1. The van der Waals surface area contributed by atoms with Gasteiger partial charge in [-0.25, -0.2) is 8.42 Å². The molecule has 0 spiro atoms. The van der Waals surface area contributed by atoms with Crippen LogP contribution in [-0.2, 0) is 10.0 Å². The fraction of sp³-hybridized carbons (Fsp3) is 0.350. The number of nitro groups is 1. The summed E-state index contributed by atoms with van der Waals surface area (Å²) in [5.41, 5.74) is 0.482. The van der Waals surface area contributed by atoms with E-state index in [1.54, 1.807) is 12.1 Å². The van der Waals surface area contributed by atoms with E-state index in [0.717, 1.165) is 12.8 Å². The molecule has 160 valence electrons. The third-order valence-corrected chi connectivity index (χ3v) is 7.35. The van der Waals surface area contributed by atoms with Gasteiger partial charge in [-0.1, -0.05) is 30.7 Å². The van der Waals surface area contributed by atoms with Gasteiger partial charge in [0.1, 0.15) is 0 Å². The molecular formula is C20H22ClN3O5S. The molecule has 1 fully saturated rings. The third kappa shape index (κ3) is 4.97. The number of sulfonamides is 1. The Kier molecular flexibility index (Phi) is 6.74. The number of nitrogens with one attached hydrogen (secondary N) is 1. The number of Topliss-reactive ketones (excluding diaryl/α,β-unsaturated/α-hetero) is 1. The van der Waals surface area contributed by atoms with Crippen molar-refractivity contribution < 1.29 is 18.1 Å². The summed E-state index contributed by atoms with van der Waals surface area (Å²) in [6, 6.07) is 9.88. The van der Waals surface area contributed by atoms with Crippen molar-refractivity contribution in [2.45, 2.75) is 24.7 Å². The van der Waals surface area contributed by atoms with E-state index in [-0.39, 0.29) is 33.5 Å². The van der Waals surface area contributed by atoms with Gasteiger partial charge in [-0.2, -0.15) is 4.31 Å². The average molecular weight is 452 g/mol. The number of nitrogens with zero attached hydrogens (tertiary/aromatic N) is 2. The van der Waals surface area contributed by atoms with Crippen LogP contribution in [0.1, 0.15) is 30.1 Å². The number of halogens is 1. The molecule has 0 amide bonds. The Morgan fingerprint density at radius 2 is 1.93 bits per heavy atom. The fourth-order valence-electron chi connectivity index (χ4n) is 3.24. The predicted octanol–water partition coefficient (Wildman–Crippen LogP) is 3.96. The molecule has 0 unspecified atom stereocenters. The van der Waals surface area contributed by atoms with E-state index in [9.17, 15) is 23.3 Å².